The normalized spacial score (nSPS) is 12.6. The Bertz CT molecular complexity index is 1560. The van der Waals surface area contributed by atoms with Gasteiger partial charge in [-0.05, 0) is 61.6 Å². The number of aromatic nitrogens is 2. The molecule has 0 spiro atoms. The second-order valence-corrected chi connectivity index (χ2v) is 9.50. The summed E-state index contributed by atoms with van der Waals surface area (Å²) >= 11 is 0. The van der Waals surface area contributed by atoms with E-state index in [-0.39, 0.29) is 44.3 Å². The van der Waals surface area contributed by atoms with Crippen molar-refractivity contribution in [3.8, 4) is 28.4 Å². The molecule has 0 saturated carbocycles. The van der Waals surface area contributed by atoms with Crippen LogP contribution in [-0.4, -0.2) is 32.5 Å². The number of fused-ring (bicyclic) bond motifs is 1. The Morgan fingerprint density at radius 3 is 2.08 bits per heavy atom. The Labute approximate surface area is 206 Å². The molecule has 196 valence electrons. The van der Waals surface area contributed by atoms with Crippen LogP contribution < -0.4 is 14.2 Å². The molecular formula is C23H17F6N3O4S. The quantitative estimate of drug-likeness (QED) is 0.291. The van der Waals surface area contributed by atoms with Crippen molar-refractivity contribution in [1.82, 2.24) is 14.7 Å². The summed E-state index contributed by atoms with van der Waals surface area (Å²) in [6, 6.07) is 10.0. The third-order valence-electron chi connectivity index (χ3n) is 5.32. The first kappa shape index (κ1) is 26.3. The first-order valence-electron chi connectivity index (χ1n) is 10.3. The fourth-order valence-corrected chi connectivity index (χ4v) is 4.28. The topological polar surface area (TPSA) is 93.3 Å². The molecule has 0 aliphatic heterocycles. The zero-order valence-electron chi connectivity index (χ0n) is 19.0. The molecule has 0 aliphatic carbocycles. The van der Waals surface area contributed by atoms with Gasteiger partial charge in [-0.2, -0.15) is 26.3 Å². The molecule has 4 aromatic rings. The van der Waals surface area contributed by atoms with E-state index in [1.807, 2.05) is 0 Å². The van der Waals surface area contributed by atoms with Gasteiger partial charge < -0.3 is 14.5 Å². The Balaban J connectivity index is 1.93. The minimum Gasteiger partial charge on any atom is -0.494 e. The number of hydrogen-bond acceptors (Lipinski definition) is 5. The number of halogens is 6. The number of rotatable bonds is 6. The van der Waals surface area contributed by atoms with Crippen LogP contribution in [0, 0.1) is 0 Å². The number of methoxy groups -OCH3 is 1. The number of sulfonamides is 1. The average Bonchev–Trinajstić information content (AvgIpc) is 3.30. The molecule has 1 aromatic heterocycles. The van der Waals surface area contributed by atoms with Crippen LogP contribution in [0.2, 0.25) is 0 Å². The smallest absolute Gasteiger partial charge is 0.449 e. The highest BCUT2D eigenvalue weighted by Gasteiger charge is 2.36. The largest absolute Gasteiger partial charge is 0.494 e. The van der Waals surface area contributed by atoms with Crippen molar-refractivity contribution < 1.29 is 44.2 Å². The van der Waals surface area contributed by atoms with E-state index in [2.05, 4.69) is 14.7 Å². The van der Waals surface area contributed by atoms with Gasteiger partial charge in [0.1, 0.15) is 28.3 Å². The molecule has 0 aliphatic rings. The van der Waals surface area contributed by atoms with E-state index in [0.29, 0.717) is 0 Å². The minimum absolute atomic E-state index is 0.0177. The molecule has 0 amide bonds. The summed E-state index contributed by atoms with van der Waals surface area (Å²) in [6.07, 6.45) is -9.39. The fraction of sp³-hybridized carbons (Fsp3) is 0.174. The Hall–Kier alpha value is -3.78. The standard InChI is InChI=1S/C23H17F6N3O4S/c1-30-37(33,34)14-7-9-17(36-13-5-3-12(4-6-13)22(24,25)26)16(11-14)15-8-10-18(35-2)20-19(15)31-21(32-20)23(27,28)29/h3-11,30H,1-2H3,(H,31,32). The molecule has 0 fully saturated rings. The van der Waals surface area contributed by atoms with Gasteiger partial charge in [0.25, 0.3) is 0 Å². The van der Waals surface area contributed by atoms with Crippen molar-refractivity contribution in [2.45, 2.75) is 17.2 Å². The monoisotopic (exact) mass is 545 g/mol. The lowest BCUT2D eigenvalue weighted by atomic mass is 10.0. The van der Waals surface area contributed by atoms with Gasteiger partial charge in [0, 0.05) is 11.1 Å². The number of aromatic amines is 1. The molecule has 3 aromatic carbocycles. The van der Waals surface area contributed by atoms with Crippen molar-refractivity contribution in [1.29, 1.82) is 0 Å². The predicted octanol–water partition coefficient (Wildman–Crippen LogP) is 5.98. The lowest BCUT2D eigenvalue weighted by Gasteiger charge is -2.15. The third-order valence-corrected chi connectivity index (χ3v) is 6.74. The molecule has 2 N–H and O–H groups in total. The first-order chi connectivity index (χ1) is 17.2. The summed E-state index contributed by atoms with van der Waals surface area (Å²) in [5.41, 5.74) is -1.14. The van der Waals surface area contributed by atoms with E-state index in [4.69, 9.17) is 9.47 Å². The number of hydrogen-bond donors (Lipinski definition) is 2. The number of nitrogens with one attached hydrogen (secondary N) is 2. The van der Waals surface area contributed by atoms with E-state index < -0.39 is 33.8 Å². The van der Waals surface area contributed by atoms with Crippen molar-refractivity contribution in [3.05, 3.63) is 66.0 Å². The average molecular weight is 545 g/mol. The summed E-state index contributed by atoms with van der Waals surface area (Å²) in [4.78, 5) is 5.60. The van der Waals surface area contributed by atoms with E-state index in [1.165, 1.54) is 38.4 Å². The molecule has 0 radical (unpaired) electrons. The maximum Gasteiger partial charge on any atom is 0.449 e. The SMILES string of the molecule is CNS(=O)(=O)c1ccc(Oc2ccc(C(F)(F)F)cc2)c(-c2ccc(OC)c3[nH]c(C(F)(F)F)nc23)c1. The van der Waals surface area contributed by atoms with E-state index in [9.17, 15) is 34.8 Å². The maximum absolute atomic E-state index is 13.4. The molecule has 7 nitrogen and oxygen atoms in total. The lowest BCUT2D eigenvalue weighted by molar-refractivity contribution is -0.144. The number of H-pyrrole nitrogens is 1. The number of alkyl halides is 6. The second kappa shape index (κ2) is 9.27. The van der Waals surface area contributed by atoms with Gasteiger partial charge in [0.15, 0.2) is 0 Å². The van der Waals surface area contributed by atoms with Gasteiger partial charge in [0.2, 0.25) is 15.8 Å². The van der Waals surface area contributed by atoms with Gasteiger partial charge >= 0.3 is 12.4 Å². The number of imidazole rings is 1. The molecule has 0 bridgehead atoms. The van der Waals surface area contributed by atoms with Crippen LogP contribution in [-0.2, 0) is 22.4 Å². The summed E-state index contributed by atoms with van der Waals surface area (Å²) in [6.45, 7) is 0. The summed E-state index contributed by atoms with van der Waals surface area (Å²) < 4.78 is 117. The van der Waals surface area contributed by atoms with Gasteiger partial charge in [-0.3, -0.25) is 0 Å². The Kier molecular flexibility index (Phi) is 6.58. The van der Waals surface area contributed by atoms with E-state index in [0.717, 1.165) is 30.3 Å². The van der Waals surface area contributed by atoms with Crippen molar-refractivity contribution in [2.75, 3.05) is 14.2 Å². The Morgan fingerprint density at radius 1 is 0.865 bits per heavy atom. The van der Waals surface area contributed by atoms with Crippen LogP contribution in [0.5, 0.6) is 17.2 Å². The number of ether oxygens (including phenoxy) is 2. The summed E-state index contributed by atoms with van der Waals surface area (Å²) in [5.74, 6) is -1.33. The minimum atomic E-state index is -4.82. The molecule has 0 saturated heterocycles. The van der Waals surface area contributed by atoms with Crippen LogP contribution >= 0.6 is 0 Å². The van der Waals surface area contributed by atoms with Crippen LogP contribution in [0.15, 0.2) is 59.5 Å². The second-order valence-electron chi connectivity index (χ2n) is 7.61. The van der Waals surface area contributed by atoms with E-state index >= 15 is 0 Å². The summed E-state index contributed by atoms with van der Waals surface area (Å²) in [5, 5.41) is 0. The third kappa shape index (κ3) is 5.20. The fourth-order valence-electron chi connectivity index (χ4n) is 3.52. The van der Waals surface area contributed by atoms with Gasteiger partial charge in [-0.15, -0.1) is 0 Å². The van der Waals surface area contributed by atoms with Crippen molar-refractivity contribution in [3.63, 3.8) is 0 Å². The first-order valence-corrected chi connectivity index (χ1v) is 11.8. The van der Waals surface area contributed by atoms with Gasteiger partial charge in [-0.25, -0.2) is 18.1 Å². The molecule has 0 unspecified atom stereocenters. The number of benzene rings is 3. The molecular weight excluding hydrogens is 528 g/mol. The molecule has 14 heteroatoms. The predicted molar refractivity (Wildman–Crippen MR) is 121 cm³/mol. The van der Waals surface area contributed by atoms with Gasteiger partial charge in [-0.1, -0.05) is 0 Å². The van der Waals surface area contributed by atoms with Crippen LogP contribution in [0.4, 0.5) is 26.3 Å². The highest BCUT2D eigenvalue weighted by molar-refractivity contribution is 7.89. The van der Waals surface area contributed by atoms with Crippen LogP contribution in [0.1, 0.15) is 11.4 Å². The highest BCUT2D eigenvalue weighted by atomic mass is 32.2. The molecule has 0 atom stereocenters. The van der Waals surface area contributed by atoms with Crippen molar-refractivity contribution in [2.24, 2.45) is 0 Å². The highest BCUT2D eigenvalue weighted by Crippen LogP contribution is 2.42. The lowest BCUT2D eigenvalue weighted by Crippen LogP contribution is -2.18. The van der Waals surface area contributed by atoms with Crippen LogP contribution in [0.3, 0.4) is 0 Å². The molecule has 4 rings (SSSR count). The zero-order valence-corrected chi connectivity index (χ0v) is 19.8. The van der Waals surface area contributed by atoms with E-state index in [1.54, 1.807) is 0 Å². The maximum atomic E-state index is 13.4. The number of nitrogens with zero attached hydrogens (tertiary/aromatic N) is 1. The zero-order chi connectivity index (χ0) is 27.2. The van der Waals surface area contributed by atoms with Crippen LogP contribution in [0.25, 0.3) is 22.2 Å². The summed E-state index contributed by atoms with van der Waals surface area (Å²) in [7, 11) is -1.56. The van der Waals surface area contributed by atoms with Gasteiger partial charge in [0.05, 0.1) is 17.6 Å². The molecule has 1 heterocycles. The molecule has 37 heavy (non-hydrogen) atoms. The van der Waals surface area contributed by atoms with Crippen molar-refractivity contribution >= 4 is 21.1 Å². The Morgan fingerprint density at radius 2 is 1.51 bits per heavy atom.